The van der Waals surface area contributed by atoms with E-state index in [-0.39, 0.29) is 18.0 Å². The van der Waals surface area contributed by atoms with Crippen LogP contribution >= 0.6 is 0 Å². The molecule has 0 aliphatic carbocycles. The van der Waals surface area contributed by atoms with Crippen LogP contribution in [0.5, 0.6) is 0 Å². The highest BCUT2D eigenvalue weighted by molar-refractivity contribution is 5.50. The molecule has 17 heavy (non-hydrogen) atoms. The summed E-state index contributed by atoms with van der Waals surface area (Å²) in [7, 11) is 1.85. The van der Waals surface area contributed by atoms with Crippen molar-refractivity contribution in [2.75, 3.05) is 25.0 Å². The van der Waals surface area contributed by atoms with Gasteiger partial charge in [-0.2, -0.15) is 0 Å². The van der Waals surface area contributed by atoms with Crippen LogP contribution in [0.4, 0.5) is 10.1 Å². The summed E-state index contributed by atoms with van der Waals surface area (Å²) in [4.78, 5) is 1.90. The molecule has 1 aromatic carbocycles. The lowest BCUT2D eigenvalue weighted by molar-refractivity contribution is 0.198. The first-order valence-electron chi connectivity index (χ1n) is 6.01. The van der Waals surface area contributed by atoms with E-state index in [1.807, 2.05) is 24.9 Å². The van der Waals surface area contributed by atoms with E-state index in [0.717, 1.165) is 12.1 Å². The lowest BCUT2D eigenvalue weighted by Gasteiger charge is -2.20. The summed E-state index contributed by atoms with van der Waals surface area (Å²) in [5, 5.41) is 12.5. The van der Waals surface area contributed by atoms with Gasteiger partial charge in [-0.25, -0.2) is 4.39 Å². The Bertz CT molecular complexity index is 397. The second-order valence-corrected chi connectivity index (χ2v) is 4.61. The van der Waals surface area contributed by atoms with Crippen LogP contribution in [0.2, 0.25) is 0 Å². The van der Waals surface area contributed by atoms with E-state index >= 15 is 0 Å². The highest BCUT2D eigenvalue weighted by atomic mass is 19.1. The van der Waals surface area contributed by atoms with Crippen molar-refractivity contribution in [3.8, 4) is 0 Å². The molecule has 0 saturated carbocycles. The molecule has 0 amide bonds. The molecule has 0 bridgehead atoms. The van der Waals surface area contributed by atoms with Gasteiger partial charge >= 0.3 is 0 Å². The maximum atomic E-state index is 14.0. The van der Waals surface area contributed by atoms with E-state index in [0.29, 0.717) is 18.7 Å². The summed E-state index contributed by atoms with van der Waals surface area (Å²) < 4.78 is 14.0. The normalized spacial score (nSPS) is 21.9. The van der Waals surface area contributed by atoms with Gasteiger partial charge in [-0.05, 0) is 38.1 Å². The summed E-state index contributed by atoms with van der Waals surface area (Å²) in [6, 6.07) is 5.45. The minimum absolute atomic E-state index is 0.141. The molecule has 3 nitrogen and oxygen atoms in total. The number of hydrogen-bond acceptors (Lipinski definition) is 3. The molecule has 0 spiro atoms. The van der Waals surface area contributed by atoms with Gasteiger partial charge in [0, 0.05) is 19.1 Å². The Labute approximate surface area is 101 Å². The SMILES string of the molecule is CNC(C)c1ccc(N2CCC(O)C2)c(F)c1. The zero-order valence-electron chi connectivity index (χ0n) is 10.3. The molecule has 0 radical (unpaired) electrons. The first-order chi connectivity index (χ1) is 8.11. The van der Waals surface area contributed by atoms with E-state index in [2.05, 4.69) is 5.32 Å². The standard InChI is InChI=1S/C13H19FN2O/c1-9(15-2)10-3-4-13(12(14)7-10)16-6-5-11(17)8-16/h3-4,7,9,11,15,17H,5-6,8H2,1-2H3. The summed E-state index contributed by atoms with van der Waals surface area (Å²) in [5.41, 5.74) is 1.53. The van der Waals surface area contributed by atoms with Gasteiger partial charge in [0.2, 0.25) is 0 Å². The Balaban J connectivity index is 2.20. The maximum Gasteiger partial charge on any atom is 0.146 e. The molecule has 1 aliphatic rings. The predicted octanol–water partition coefficient (Wildman–Crippen LogP) is 1.68. The summed E-state index contributed by atoms with van der Waals surface area (Å²) in [6.45, 7) is 3.24. The number of rotatable bonds is 3. The Morgan fingerprint density at radius 1 is 1.53 bits per heavy atom. The van der Waals surface area contributed by atoms with E-state index in [9.17, 15) is 9.50 Å². The second kappa shape index (κ2) is 5.02. The van der Waals surface area contributed by atoms with Gasteiger partial charge in [-0.1, -0.05) is 6.07 Å². The molecule has 1 saturated heterocycles. The molecule has 1 aliphatic heterocycles. The Hall–Kier alpha value is -1.13. The van der Waals surface area contributed by atoms with Crippen LogP contribution in [0.25, 0.3) is 0 Å². The van der Waals surface area contributed by atoms with Gasteiger partial charge in [0.15, 0.2) is 0 Å². The van der Waals surface area contributed by atoms with E-state index in [1.54, 1.807) is 12.1 Å². The minimum Gasteiger partial charge on any atom is -0.391 e. The largest absolute Gasteiger partial charge is 0.391 e. The summed E-state index contributed by atoms with van der Waals surface area (Å²) >= 11 is 0. The highest BCUT2D eigenvalue weighted by Gasteiger charge is 2.22. The van der Waals surface area contributed by atoms with Gasteiger partial charge in [0.05, 0.1) is 11.8 Å². The molecule has 94 valence electrons. The number of nitrogens with one attached hydrogen (secondary N) is 1. The van der Waals surface area contributed by atoms with Gasteiger partial charge in [-0.15, -0.1) is 0 Å². The predicted molar refractivity (Wildman–Crippen MR) is 66.7 cm³/mol. The van der Waals surface area contributed by atoms with Crippen molar-refractivity contribution >= 4 is 5.69 Å². The molecule has 1 fully saturated rings. The third-order valence-corrected chi connectivity index (χ3v) is 3.41. The third-order valence-electron chi connectivity index (χ3n) is 3.41. The van der Waals surface area contributed by atoms with E-state index < -0.39 is 0 Å². The Kier molecular flexibility index (Phi) is 3.64. The summed E-state index contributed by atoms with van der Waals surface area (Å²) in [5.74, 6) is -0.210. The first kappa shape index (κ1) is 12.3. The van der Waals surface area contributed by atoms with E-state index in [4.69, 9.17) is 0 Å². The van der Waals surface area contributed by atoms with Crippen molar-refractivity contribution in [3.05, 3.63) is 29.6 Å². The van der Waals surface area contributed by atoms with E-state index in [1.165, 1.54) is 0 Å². The molecule has 2 unspecified atom stereocenters. The van der Waals surface area contributed by atoms with Gasteiger partial charge in [0.25, 0.3) is 0 Å². The number of nitrogens with zero attached hydrogens (tertiary/aromatic N) is 1. The van der Waals surface area contributed by atoms with Crippen molar-refractivity contribution < 1.29 is 9.50 Å². The Morgan fingerprint density at radius 2 is 2.29 bits per heavy atom. The fraction of sp³-hybridized carbons (Fsp3) is 0.538. The van der Waals surface area contributed by atoms with Gasteiger partial charge in [0.1, 0.15) is 5.82 Å². The average molecular weight is 238 g/mol. The number of anilines is 1. The highest BCUT2D eigenvalue weighted by Crippen LogP contribution is 2.26. The molecule has 2 rings (SSSR count). The fourth-order valence-corrected chi connectivity index (χ4v) is 2.18. The quantitative estimate of drug-likeness (QED) is 0.841. The van der Waals surface area contributed by atoms with Crippen LogP contribution < -0.4 is 10.2 Å². The third kappa shape index (κ3) is 2.58. The smallest absolute Gasteiger partial charge is 0.146 e. The number of aliphatic hydroxyl groups is 1. The fourth-order valence-electron chi connectivity index (χ4n) is 2.18. The molecule has 4 heteroatoms. The zero-order chi connectivity index (χ0) is 12.4. The minimum atomic E-state index is -0.328. The number of β-amino-alcohol motifs (C(OH)–C–C–N with tert-alkyl or cyclic N) is 1. The number of halogens is 1. The van der Waals surface area contributed by atoms with Crippen LogP contribution in [0, 0.1) is 5.82 Å². The number of hydrogen-bond donors (Lipinski definition) is 2. The zero-order valence-corrected chi connectivity index (χ0v) is 10.3. The van der Waals surface area contributed by atoms with Crippen LogP contribution in [-0.4, -0.2) is 31.3 Å². The van der Waals surface area contributed by atoms with Crippen molar-refractivity contribution in [1.29, 1.82) is 0 Å². The first-order valence-corrected chi connectivity index (χ1v) is 6.01. The number of benzene rings is 1. The van der Waals surface area contributed by atoms with Crippen molar-refractivity contribution in [2.24, 2.45) is 0 Å². The van der Waals surface area contributed by atoms with Gasteiger partial charge < -0.3 is 15.3 Å². The monoisotopic (exact) mass is 238 g/mol. The average Bonchev–Trinajstić information content (AvgIpc) is 2.74. The maximum absolute atomic E-state index is 14.0. The van der Waals surface area contributed by atoms with Crippen molar-refractivity contribution in [2.45, 2.75) is 25.5 Å². The van der Waals surface area contributed by atoms with Crippen LogP contribution in [0.1, 0.15) is 24.9 Å². The molecule has 2 N–H and O–H groups in total. The van der Waals surface area contributed by atoms with Crippen LogP contribution in [0.3, 0.4) is 0 Å². The topological polar surface area (TPSA) is 35.5 Å². The lowest BCUT2D eigenvalue weighted by atomic mass is 10.1. The second-order valence-electron chi connectivity index (χ2n) is 4.61. The van der Waals surface area contributed by atoms with Crippen LogP contribution in [-0.2, 0) is 0 Å². The molecular formula is C13H19FN2O. The number of aliphatic hydroxyl groups excluding tert-OH is 1. The molecular weight excluding hydrogens is 219 g/mol. The van der Waals surface area contributed by atoms with Crippen LogP contribution in [0.15, 0.2) is 18.2 Å². The molecule has 1 heterocycles. The molecule has 1 aromatic rings. The Morgan fingerprint density at radius 3 is 2.82 bits per heavy atom. The lowest BCUT2D eigenvalue weighted by Crippen LogP contribution is -2.22. The van der Waals surface area contributed by atoms with Crippen molar-refractivity contribution in [1.82, 2.24) is 5.32 Å². The molecule has 2 atom stereocenters. The van der Waals surface area contributed by atoms with Gasteiger partial charge in [-0.3, -0.25) is 0 Å². The van der Waals surface area contributed by atoms with Crippen molar-refractivity contribution in [3.63, 3.8) is 0 Å². The summed E-state index contributed by atoms with van der Waals surface area (Å²) in [6.07, 6.45) is 0.388. The molecule has 0 aromatic heterocycles.